The zero-order chi connectivity index (χ0) is 20.3. The Hall–Kier alpha value is -2.67. The number of carbonyl (C=O) groups excluding carboxylic acids is 4. The molecule has 1 heterocycles. The number of benzene rings is 1. The van der Waals surface area contributed by atoms with Crippen molar-refractivity contribution in [2.75, 3.05) is 18.5 Å². The van der Waals surface area contributed by atoms with Gasteiger partial charge in [0.25, 0.3) is 0 Å². The van der Waals surface area contributed by atoms with E-state index in [1.165, 1.54) is 17.0 Å². The third kappa shape index (κ3) is 4.09. The van der Waals surface area contributed by atoms with Crippen LogP contribution in [0, 0.1) is 11.8 Å². The van der Waals surface area contributed by atoms with Gasteiger partial charge in [0.05, 0.1) is 29.0 Å². The topological polar surface area (TPSA) is 92.8 Å². The summed E-state index contributed by atoms with van der Waals surface area (Å²) < 4.78 is 4.93. The quantitative estimate of drug-likeness (QED) is 0.447. The van der Waals surface area contributed by atoms with Crippen LogP contribution < -0.4 is 5.32 Å². The Balaban J connectivity index is 1.59. The van der Waals surface area contributed by atoms with Crippen molar-refractivity contribution < 1.29 is 23.9 Å². The normalized spacial score (nSPS) is 20.9. The number of likely N-dealkylation sites (tertiary alicyclic amines) is 1. The molecule has 1 fully saturated rings. The van der Waals surface area contributed by atoms with Crippen LogP contribution in [0.4, 0.5) is 5.69 Å². The average molecular weight is 405 g/mol. The van der Waals surface area contributed by atoms with Gasteiger partial charge in [-0.1, -0.05) is 23.8 Å². The lowest BCUT2D eigenvalue weighted by Gasteiger charge is -2.14. The second-order valence-electron chi connectivity index (χ2n) is 6.70. The number of fused-ring (bicyclic) bond motifs is 1. The van der Waals surface area contributed by atoms with E-state index in [1.807, 2.05) is 12.2 Å². The Morgan fingerprint density at radius 1 is 1.18 bits per heavy atom. The molecule has 3 rings (SSSR count). The van der Waals surface area contributed by atoms with Gasteiger partial charge < -0.3 is 10.1 Å². The number of esters is 1. The van der Waals surface area contributed by atoms with Crippen LogP contribution in [0.2, 0.25) is 5.02 Å². The standard InChI is InChI=1S/C20H21ClN2O5/c1-2-28-20(27)15-11-12(7-8-16(15)21)22-17(24)9-10-23-18(25)13-5-3-4-6-14(13)19(23)26/h3-4,7-8,11,13-14H,2,5-6,9-10H2,1H3,(H,22,24)/t13-,14+. The SMILES string of the molecule is CCOC(=O)c1cc(NC(=O)CCN2C(=O)[C@H]3CC=CC[C@H]3C2=O)ccc1Cl. The zero-order valence-electron chi connectivity index (χ0n) is 15.4. The van der Waals surface area contributed by atoms with Gasteiger partial charge in [0.15, 0.2) is 0 Å². The highest BCUT2D eigenvalue weighted by Crippen LogP contribution is 2.35. The molecule has 0 saturated carbocycles. The first kappa shape index (κ1) is 20.1. The van der Waals surface area contributed by atoms with Gasteiger partial charge >= 0.3 is 5.97 Å². The molecule has 0 unspecified atom stereocenters. The summed E-state index contributed by atoms with van der Waals surface area (Å²) in [7, 11) is 0. The van der Waals surface area contributed by atoms with E-state index in [1.54, 1.807) is 13.0 Å². The first-order valence-corrected chi connectivity index (χ1v) is 9.57. The predicted octanol–water partition coefficient (Wildman–Crippen LogP) is 2.80. The molecule has 1 aromatic carbocycles. The molecule has 0 aromatic heterocycles. The van der Waals surface area contributed by atoms with Crippen LogP contribution in [0.15, 0.2) is 30.4 Å². The summed E-state index contributed by atoms with van der Waals surface area (Å²) in [4.78, 5) is 50.2. The Morgan fingerprint density at radius 3 is 2.43 bits per heavy atom. The van der Waals surface area contributed by atoms with Gasteiger partial charge in [0.2, 0.25) is 17.7 Å². The van der Waals surface area contributed by atoms with E-state index in [9.17, 15) is 19.2 Å². The first-order valence-electron chi connectivity index (χ1n) is 9.19. The lowest BCUT2D eigenvalue weighted by atomic mass is 9.85. The molecule has 0 radical (unpaired) electrons. The molecule has 0 spiro atoms. The van der Waals surface area contributed by atoms with Crippen molar-refractivity contribution in [1.82, 2.24) is 4.90 Å². The number of carbonyl (C=O) groups is 4. The van der Waals surface area contributed by atoms with Gasteiger partial charge in [-0.05, 0) is 38.0 Å². The van der Waals surface area contributed by atoms with E-state index in [0.717, 1.165) is 0 Å². The number of nitrogens with zero attached hydrogens (tertiary/aromatic N) is 1. The maximum Gasteiger partial charge on any atom is 0.339 e. The summed E-state index contributed by atoms with van der Waals surface area (Å²) in [6.07, 6.45) is 4.95. The molecule has 2 atom stereocenters. The molecular weight excluding hydrogens is 384 g/mol. The van der Waals surface area contributed by atoms with Gasteiger partial charge in [-0.2, -0.15) is 0 Å². The number of amides is 3. The monoisotopic (exact) mass is 404 g/mol. The molecule has 28 heavy (non-hydrogen) atoms. The molecule has 1 N–H and O–H groups in total. The Morgan fingerprint density at radius 2 is 1.82 bits per heavy atom. The van der Waals surface area contributed by atoms with E-state index < -0.39 is 5.97 Å². The van der Waals surface area contributed by atoms with Crippen LogP contribution in [-0.4, -0.2) is 41.7 Å². The molecule has 1 aliphatic heterocycles. The molecule has 8 heteroatoms. The van der Waals surface area contributed by atoms with Crippen molar-refractivity contribution in [3.63, 3.8) is 0 Å². The molecule has 1 aliphatic carbocycles. The van der Waals surface area contributed by atoms with Crippen molar-refractivity contribution in [1.29, 1.82) is 0 Å². The van der Waals surface area contributed by atoms with Gasteiger partial charge in [-0.3, -0.25) is 19.3 Å². The minimum atomic E-state index is -0.576. The summed E-state index contributed by atoms with van der Waals surface area (Å²) in [6.45, 7) is 1.93. The number of hydrogen-bond acceptors (Lipinski definition) is 5. The molecule has 0 bridgehead atoms. The van der Waals surface area contributed by atoms with Gasteiger partial charge in [0, 0.05) is 18.7 Å². The number of anilines is 1. The second-order valence-corrected chi connectivity index (χ2v) is 7.10. The summed E-state index contributed by atoms with van der Waals surface area (Å²) in [5.74, 6) is -1.96. The predicted molar refractivity (Wildman–Crippen MR) is 103 cm³/mol. The minimum absolute atomic E-state index is 0.0261. The van der Waals surface area contributed by atoms with E-state index in [4.69, 9.17) is 16.3 Å². The summed E-state index contributed by atoms with van der Waals surface area (Å²) in [5.41, 5.74) is 0.539. The van der Waals surface area contributed by atoms with Crippen LogP contribution in [-0.2, 0) is 19.1 Å². The fraction of sp³-hybridized carbons (Fsp3) is 0.400. The fourth-order valence-electron chi connectivity index (χ4n) is 3.49. The van der Waals surface area contributed by atoms with Crippen LogP contribution in [0.3, 0.4) is 0 Å². The zero-order valence-corrected chi connectivity index (χ0v) is 16.2. The first-order chi connectivity index (χ1) is 13.4. The largest absolute Gasteiger partial charge is 0.462 e. The highest BCUT2D eigenvalue weighted by molar-refractivity contribution is 6.33. The summed E-state index contributed by atoms with van der Waals surface area (Å²) in [6, 6.07) is 4.49. The Labute approximate surface area is 167 Å². The number of ether oxygens (including phenoxy) is 1. The van der Waals surface area contributed by atoms with Crippen molar-refractivity contribution in [3.8, 4) is 0 Å². The van der Waals surface area contributed by atoms with E-state index in [2.05, 4.69) is 5.32 Å². The molecule has 148 valence electrons. The lowest BCUT2D eigenvalue weighted by Crippen LogP contribution is -2.34. The van der Waals surface area contributed by atoms with Crippen LogP contribution in [0.1, 0.15) is 36.5 Å². The maximum absolute atomic E-state index is 12.4. The number of halogens is 1. The van der Waals surface area contributed by atoms with Crippen LogP contribution in [0.5, 0.6) is 0 Å². The average Bonchev–Trinajstić information content (AvgIpc) is 2.92. The molecular formula is C20H21ClN2O5. The smallest absolute Gasteiger partial charge is 0.339 e. The van der Waals surface area contributed by atoms with Crippen molar-refractivity contribution >= 4 is 41.0 Å². The highest BCUT2D eigenvalue weighted by atomic mass is 35.5. The molecule has 7 nitrogen and oxygen atoms in total. The van der Waals surface area contributed by atoms with Crippen molar-refractivity contribution in [2.45, 2.75) is 26.2 Å². The van der Waals surface area contributed by atoms with Crippen molar-refractivity contribution in [2.24, 2.45) is 11.8 Å². The highest BCUT2D eigenvalue weighted by Gasteiger charge is 2.46. The van der Waals surface area contributed by atoms with Crippen LogP contribution >= 0.6 is 11.6 Å². The van der Waals surface area contributed by atoms with E-state index >= 15 is 0 Å². The van der Waals surface area contributed by atoms with Crippen LogP contribution in [0.25, 0.3) is 0 Å². The fourth-order valence-corrected chi connectivity index (χ4v) is 3.69. The maximum atomic E-state index is 12.4. The molecule has 3 amide bonds. The number of hydrogen-bond donors (Lipinski definition) is 1. The number of allylic oxidation sites excluding steroid dienone is 2. The Bertz CT molecular complexity index is 825. The van der Waals surface area contributed by atoms with Gasteiger partial charge in [0.1, 0.15) is 0 Å². The Kier molecular flexibility index (Phi) is 6.14. The number of imide groups is 1. The van der Waals surface area contributed by atoms with Gasteiger partial charge in [-0.25, -0.2) is 4.79 Å². The van der Waals surface area contributed by atoms with Crippen molar-refractivity contribution in [3.05, 3.63) is 40.9 Å². The second kappa shape index (κ2) is 8.56. The van der Waals surface area contributed by atoms with E-state index in [-0.39, 0.29) is 59.7 Å². The minimum Gasteiger partial charge on any atom is -0.462 e. The van der Waals surface area contributed by atoms with Gasteiger partial charge in [-0.15, -0.1) is 0 Å². The lowest BCUT2D eigenvalue weighted by molar-refractivity contribution is -0.140. The summed E-state index contributed by atoms with van der Waals surface area (Å²) in [5, 5.41) is 2.88. The molecule has 2 aliphatic rings. The molecule has 1 aromatic rings. The third-order valence-corrected chi connectivity index (χ3v) is 5.24. The van der Waals surface area contributed by atoms with E-state index in [0.29, 0.717) is 18.5 Å². The summed E-state index contributed by atoms with van der Waals surface area (Å²) >= 11 is 6.00. The molecule has 1 saturated heterocycles. The number of nitrogens with one attached hydrogen (secondary N) is 1. The number of rotatable bonds is 6. The third-order valence-electron chi connectivity index (χ3n) is 4.91.